The third-order valence-corrected chi connectivity index (χ3v) is 3.80. The van der Waals surface area contributed by atoms with Crippen molar-refractivity contribution in [1.82, 2.24) is 9.80 Å². The second kappa shape index (κ2) is 6.70. The zero-order valence-electron chi connectivity index (χ0n) is 12.2. The van der Waals surface area contributed by atoms with E-state index in [0.29, 0.717) is 13.1 Å². The molecule has 0 bridgehead atoms. The molecule has 1 saturated heterocycles. The number of likely N-dealkylation sites (N-methyl/N-ethyl adjacent to an activating group) is 1. The summed E-state index contributed by atoms with van der Waals surface area (Å²) in [6, 6.07) is 3.80. The topological polar surface area (TPSA) is 53.8 Å². The van der Waals surface area contributed by atoms with Crippen LogP contribution in [0.15, 0.2) is 16.5 Å². The number of nitrogens with zero attached hydrogens (tertiary/aromatic N) is 2. The van der Waals surface area contributed by atoms with Crippen molar-refractivity contribution in [1.29, 1.82) is 0 Å². The van der Waals surface area contributed by atoms with Crippen molar-refractivity contribution in [2.75, 3.05) is 26.7 Å². The molecule has 1 fully saturated rings. The van der Waals surface area contributed by atoms with Gasteiger partial charge in [0.1, 0.15) is 17.8 Å². The van der Waals surface area contributed by atoms with E-state index in [0.717, 1.165) is 43.7 Å². The second-order valence-electron chi connectivity index (χ2n) is 5.51. The highest BCUT2D eigenvalue weighted by atomic mass is 16.3. The summed E-state index contributed by atoms with van der Waals surface area (Å²) in [6.07, 6.45) is 2.75. The summed E-state index contributed by atoms with van der Waals surface area (Å²) in [6.45, 7) is 4.45. The van der Waals surface area contributed by atoms with Gasteiger partial charge >= 0.3 is 0 Å². The summed E-state index contributed by atoms with van der Waals surface area (Å²) < 4.78 is 5.48. The number of carbonyl (C=O) groups excluding carboxylic acids is 2. The van der Waals surface area contributed by atoms with Crippen molar-refractivity contribution in [2.24, 2.45) is 5.92 Å². The molecule has 5 heteroatoms. The quantitative estimate of drug-likeness (QED) is 0.765. The highest BCUT2D eigenvalue weighted by Gasteiger charge is 2.21. The lowest BCUT2D eigenvalue weighted by atomic mass is 9.99. The van der Waals surface area contributed by atoms with Gasteiger partial charge in [0, 0.05) is 13.0 Å². The molecule has 1 aliphatic heterocycles. The maximum Gasteiger partial charge on any atom is 0.236 e. The molecule has 0 unspecified atom stereocenters. The van der Waals surface area contributed by atoms with Crippen molar-refractivity contribution >= 4 is 12.2 Å². The Hall–Kier alpha value is -1.62. The van der Waals surface area contributed by atoms with E-state index in [-0.39, 0.29) is 11.8 Å². The van der Waals surface area contributed by atoms with Crippen molar-refractivity contribution in [3.63, 3.8) is 0 Å². The van der Waals surface area contributed by atoms with E-state index in [1.165, 1.54) is 0 Å². The molecule has 2 heterocycles. The van der Waals surface area contributed by atoms with Crippen LogP contribution in [-0.4, -0.2) is 48.7 Å². The van der Waals surface area contributed by atoms with Crippen molar-refractivity contribution in [2.45, 2.75) is 26.3 Å². The SMILES string of the molecule is Cc1ccc(CN(C)C(=O)CN2CCC(C=O)CC2)o1. The summed E-state index contributed by atoms with van der Waals surface area (Å²) in [7, 11) is 1.79. The zero-order valence-corrected chi connectivity index (χ0v) is 12.2. The molecular weight excluding hydrogens is 256 g/mol. The third-order valence-electron chi connectivity index (χ3n) is 3.80. The molecule has 0 spiro atoms. The number of aldehydes is 1. The first-order chi connectivity index (χ1) is 9.58. The smallest absolute Gasteiger partial charge is 0.236 e. The minimum Gasteiger partial charge on any atom is -0.464 e. The van der Waals surface area contributed by atoms with Gasteiger partial charge in [0.25, 0.3) is 0 Å². The lowest BCUT2D eigenvalue weighted by Gasteiger charge is -2.30. The van der Waals surface area contributed by atoms with E-state index in [2.05, 4.69) is 4.90 Å². The van der Waals surface area contributed by atoms with E-state index in [9.17, 15) is 9.59 Å². The molecule has 0 atom stereocenters. The van der Waals surface area contributed by atoms with Gasteiger partial charge in [0.05, 0.1) is 13.1 Å². The first-order valence-corrected chi connectivity index (χ1v) is 7.05. The fourth-order valence-electron chi connectivity index (χ4n) is 2.45. The van der Waals surface area contributed by atoms with Crippen LogP contribution in [0.1, 0.15) is 24.4 Å². The monoisotopic (exact) mass is 278 g/mol. The molecule has 0 aromatic carbocycles. The molecule has 1 amide bonds. The van der Waals surface area contributed by atoms with E-state index < -0.39 is 0 Å². The highest BCUT2D eigenvalue weighted by Crippen LogP contribution is 2.15. The van der Waals surface area contributed by atoms with Gasteiger partial charge in [-0.25, -0.2) is 0 Å². The number of hydrogen-bond donors (Lipinski definition) is 0. The van der Waals surface area contributed by atoms with Crippen LogP contribution in [0, 0.1) is 12.8 Å². The van der Waals surface area contributed by atoms with Crippen LogP contribution in [0.25, 0.3) is 0 Å². The van der Waals surface area contributed by atoms with Gasteiger partial charge in [-0.3, -0.25) is 9.69 Å². The van der Waals surface area contributed by atoms with E-state index >= 15 is 0 Å². The maximum atomic E-state index is 12.1. The zero-order chi connectivity index (χ0) is 14.5. The Labute approximate surface area is 119 Å². The van der Waals surface area contributed by atoms with E-state index in [1.807, 2.05) is 19.1 Å². The van der Waals surface area contributed by atoms with Crippen LogP contribution >= 0.6 is 0 Å². The predicted octanol–water partition coefficient (Wildman–Crippen LogP) is 1.46. The van der Waals surface area contributed by atoms with E-state index in [1.54, 1.807) is 11.9 Å². The van der Waals surface area contributed by atoms with Crippen LogP contribution < -0.4 is 0 Å². The molecule has 0 aliphatic carbocycles. The largest absolute Gasteiger partial charge is 0.464 e. The van der Waals surface area contributed by atoms with Gasteiger partial charge < -0.3 is 14.1 Å². The third kappa shape index (κ3) is 3.93. The molecule has 5 nitrogen and oxygen atoms in total. The number of aryl methyl sites for hydroxylation is 1. The molecule has 1 aromatic heterocycles. The fourth-order valence-corrected chi connectivity index (χ4v) is 2.45. The first-order valence-electron chi connectivity index (χ1n) is 7.05. The number of furan rings is 1. The van der Waals surface area contributed by atoms with Crippen LogP contribution in [0.5, 0.6) is 0 Å². The van der Waals surface area contributed by atoms with Crippen LogP contribution in [0.2, 0.25) is 0 Å². The van der Waals surface area contributed by atoms with Gasteiger partial charge in [-0.2, -0.15) is 0 Å². The number of likely N-dealkylation sites (tertiary alicyclic amines) is 1. The molecule has 110 valence electrons. The first kappa shape index (κ1) is 14.8. The molecule has 1 aliphatic rings. The van der Waals surface area contributed by atoms with Crippen LogP contribution in [-0.2, 0) is 16.1 Å². The molecule has 0 radical (unpaired) electrons. The minimum absolute atomic E-state index is 0.0867. The Morgan fingerprint density at radius 2 is 2.15 bits per heavy atom. The summed E-state index contributed by atoms with van der Waals surface area (Å²) in [4.78, 5) is 26.6. The predicted molar refractivity (Wildman–Crippen MR) is 75.1 cm³/mol. The average molecular weight is 278 g/mol. The fraction of sp³-hybridized carbons (Fsp3) is 0.600. The second-order valence-corrected chi connectivity index (χ2v) is 5.51. The standard InChI is InChI=1S/C15H22N2O3/c1-12-3-4-14(20-12)9-16(2)15(19)10-17-7-5-13(11-18)6-8-17/h3-4,11,13H,5-10H2,1-2H3. The molecule has 1 aromatic rings. The molecule has 2 rings (SSSR count). The number of amides is 1. The van der Waals surface area contributed by atoms with Gasteiger partial charge in [0.15, 0.2) is 0 Å². The minimum atomic E-state index is 0.0867. The lowest BCUT2D eigenvalue weighted by molar-refractivity contribution is -0.132. The van der Waals surface area contributed by atoms with Gasteiger partial charge in [-0.05, 0) is 45.0 Å². The number of rotatable bonds is 5. The number of hydrogen-bond acceptors (Lipinski definition) is 4. The van der Waals surface area contributed by atoms with Crippen molar-refractivity contribution < 1.29 is 14.0 Å². The molecule has 20 heavy (non-hydrogen) atoms. The van der Waals surface area contributed by atoms with Crippen LogP contribution in [0.3, 0.4) is 0 Å². The summed E-state index contributed by atoms with van der Waals surface area (Å²) >= 11 is 0. The lowest BCUT2D eigenvalue weighted by Crippen LogP contribution is -2.42. The van der Waals surface area contributed by atoms with Gasteiger partial charge in [0.2, 0.25) is 5.91 Å². The molecule has 0 saturated carbocycles. The Kier molecular flexibility index (Phi) is 4.95. The Bertz CT molecular complexity index is 461. The van der Waals surface area contributed by atoms with Gasteiger partial charge in [-0.1, -0.05) is 0 Å². The Morgan fingerprint density at radius 1 is 1.45 bits per heavy atom. The Morgan fingerprint density at radius 3 is 2.70 bits per heavy atom. The van der Waals surface area contributed by atoms with Crippen LogP contribution in [0.4, 0.5) is 0 Å². The number of piperidine rings is 1. The maximum absolute atomic E-state index is 12.1. The Balaban J connectivity index is 1.78. The average Bonchev–Trinajstić information content (AvgIpc) is 2.85. The van der Waals surface area contributed by atoms with Gasteiger partial charge in [-0.15, -0.1) is 0 Å². The van der Waals surface area contributed by atoms with E-state index in [4.69, 9.17) is 4.42 Å². The normalized spacial score (nSPS) is 17.1. The summed E-state index contributed by atoms with van der Waals surface area (Å²) in [5.41, 5.74) is 0. The van der Waals surface area contributed by atoms with Crippen molar-refractivity contribution in [3.05, 3.63) is 23.7 Å². The summed E-state index contributed by atoms with van der Waals surface area (Å²) in [5.74, 6) is 1.92. The molecule has 0 N–H and O–H groups in total. The molecular formula is C15H22N2O3. The summed E-state index contributed by atoms with van der Waals surface area (Å²) in [5, 5.41) is 0. The number of carbonyl (C=O) groups is 2. The highest BCUT2D eigenvalue weighted by molar-refractivity contribution is 5.78. The van der Waals surface area contributed by atoms with Crippen molar-refractivity contribution in [3.8, 4) is 0 Å².